The van der Waals surface area contributed by atoms with Crippen LogP contribution in [0.25, 0.3) is 0 Å². The summed E-state index contributed by atoms with van der Waals surface area (Å²) < 4.78 is 14.5. The maximum Gasteiger partial charge on any atom is 0.353 e. The van der Waals surface area contributed by atoms with Crippen molar-refractivity contribution < 1.29 is 9.05 Å². The van der Waals surface area contributed by atoms with Crippen LogP contribution in [0.1, 0.15) is 0 Å². The van der Waals surface area contributed by atoms with Crippen LogP contribution in [-0.2, 0) is 11.8 Å². The molecule has 138 valence electrons. The van der Waals surface area contributed by atoms with E-state index in [4.69, 9.17) is 32.5 Å². The Kier molecular flexibility index (Phi) is 6.20. The maximum atomic E-state index is 6.28. The number of fused-ring (bicyclic) bond motifs is 2. The van der Waals surface area contributed by atoms with Crippen molar-refractivity contribution in [2.24, 2.45) is 0 Å². The van der Waals surface area contributed by atoms with E-state index >= 15 is 0 Å². The van der Waals surface area contributed by atoms with Crippen LogP contribution in [0.2, 0.25) is 5.02 Å². The first-order chi connectivity index (χ1) is 12.9. The van der Waals surface area contributed by atoms with E-state index in [9.17, 15) is 0 Å². The number of benzene rings is 3. The molecule has 3 aromatic rings. The Morgan fingerprint density at radius 1 is 0.852 bits per heavy atom. The van der Waals surface area contributed by atoms with Crippen molar-refractivity contribution in [2.45, 2.75) is 14.7 Å². The zero-order chi connectivity index (χ0) is 19.0. The molecule has 3 aromatic carbocycles. The molecule has 9 heteroatoms. The van der Waals surface area contributed by atoms with E-state index < -0.39 is 5.69 Å². The molecule has 0 amide bonds. The van der Waals surface area contributed by atoms with Crippen molar-refractivity contribution in [3.63, 3.8) is 0 Å². The van der Waals surface area contributed by atoms with Crippen molar-refractivity contribution in [3.05, 3.63) is 74.6 Å². The quantitative estimate of drug-likeness (QED) is 0.281. The average Bonchev–Trinajstić information content (AvgIpc) is 2.61. The summed E-state index contributed by atoms with van der Waals surface area (Å²) in [5.41, 5.74) is -2.75. The van der Waals surface area contributed by atoms with Crippen molar-refractivity contribution in [2.75, 3.05) is 0 Å². The van der Waals surface area contributed by atoms with Crippen LogP contribution >= 0.6 is 72.3 Å². The zero-order valence-electron chi connectivity index (χ0n) is 13.4. The predicted octanol–water partition coefficient (Wildman–Crippen LogP) is 8.80. The molecule has 0 aliphatic carbocycles. The van der Waals surface area contributed by atoms with Gasteiger partial charge in [0.05, 0.1) is 9.79 Å². The number of rotatable bonds is 2. The normalized spacial score (nSPS) is 14.8. The Hall–Kier alpha value is -0.140. The van der Waals surface area contributed by atoms with Gasteiger partial charge >= 0.3 is 5.69 Å². The van der Waals surface area contributed by atoms with Gasteiger partial charge in [0.1, 0.15) is 11.5 Å². The second-order valence-corrected chi connectivity index (χ2v) is 14.8. The molecule has 27 heavy (non-hydrogen) atoms. The summed E-state index contributed by atoms with van der Waals surface area (Å²) in [5, 5.41) is 0.678. The fraction of sp³-hybridized carbons (Fsp3) is 0. The summed E-state index contributed by atoms with van der Waals surface area (Å²) >= 11 is 22.0. The minimum Gasteiger partial charge on any atom is -0.427 e. The van der Waals surface area contributed by atoms with Crippen molar-refractivity contribution in [1.82, 2.24) is 0 Å². The molecular formula is C18H10Br2ClO2PS3. The van der Waals surface area contributed by atoms with Crippen LogP contribution in [0.15, 0.2) is 84.3 Å². The highest BCUT2D eigenvalue weighted by Crippen LogP contribution is 2.66. The molecule has 0 atom stereocenters. The molecule has 0 saturated carbocycles. The van der Waals surface area contributed by atoms with Gasteiger partial charge in [-0.2, -0.15) is 0 Å². The molecule has 0 bridgehead atoms. The van der Waals surface area contributed by atoms with Crippen molar-refractivity contribution in [1.29, 1.82) is 0 Å². The van der Waals surface area contributed by atoms with Gasteiger partial charge in [-0.1, -0.05) is 55.2 Å². The summed E-state index contributed by atoms with van der Waals surface area (Å²) in [5.74, 6) is 1.44. The van der Waals surface area contributed by atoms with Gasteiger partial charge in [0, 0.05) is 30.7 Å². The van der Waals surface area contributed by atoms with Gasteiger partial charge in [-0.15, -0.1) is 0 Å². The third-order valence-electron chi connectivity index (χ3n) is 3.48. The monoisotopic (exact) mass is 578 g/mol. The molecule has 1 aliphatic rings. The highest BCUT2D eigenvalue weighted by molar-refractivity contribution is 9.10. The lowest BCUT2D eigenvalue weighted by Gasteiger charge is -2.27. The fourth-order valence-electron chi connectivity index (χ4n) is 2.31. The molecule has 2 nitrogen and oxygen atoms in total. The molecule has 0 N–H and O–H groups in total. The smallest absolute Gasteiger partial charge is 0.353 e. The third-order valence-corrected chi connectivity index (χ3v) is 10.2. The highest BCUT2D eigenvalue weighted by atomic mass is 79.9. The van der Waals surface area contributed by atoms with E-state index in [1.807, 2.05) is 60.7 Å². The third kappa shape index (κ3) is 4.89. The lowest BCUT2D eigenvalue weighted by atomic mass is 10.3. The lowest BCUT2D eigenvalue weighted by molar-refractivity contribution is 0.490. The summed E-state index contributed by atoms with van der Waals surface area (Å²) in [6, 6.07) is 19.3. The molecule has 0 unspecified atom stereocenters. The van der Waals surface area contributed by atoms with Gasteiger partial charge in [-0.25, -0.2) is 0 Å². The summed E-state index contributed by atoms with van der Waals surface area (Å²) in [4.78, 5) is 2.92. The van der Waals surface area contributed by atoms with Crippen LogP contribution in [-0.4, -0.2) is 0 Å². The molecule has 1 aliphatic heterocycles. The van der Waals surface area contributed by atoms with Gasteiger partial charge in [0.25, 0.3) is 0 Å². The Bertz CT molecular complexity index is 1010. The Morgan fingerprint density at radius 3 is 1.89 bits per heavy atom. The Morgan fingerprint density at radius 2 is 1.37 bits per heavy atom. The van der Waals surface area contributed by atoms with Crippen molar-refractivity contribution >= 4 is 84.1 Å². The van der Waals surface area contributed by atoms with E-state index in [1.54, 1.807) is 11.8 Å². The number of hydrogen-bond donors (Lipinski definition) is 0. The molecule has 0 saturated heterocycles. The summed E-state index contributed by atoms with van der Waals surface area (Å²) in [6.45, 7) is 0. The van der Waals surface area contributed by atoms with E-state index in [2.05, 4.69) is 31.9 Å². The van der Waals surface area contributed by atoms with Crippen LogP contribution in [0.4, 0.5) is 0 Å². The molecule has 0 fully saturated rings. The van der Waals surface area contributed by atoms with Crippen LogP contribution in [0.5, 0.6) is 11.5 Å². The van der Waals surface area contributed by atoms with Crippen LogP contribution in [0.3, 0.4) is 0 Å². The lowest BCUT2D eigenvalue weighted by Crippen LogP contribution is -2.02. The minimum absolute atomic E-state index is 0.678. The van der Waals surface area contributed by atoms with Gasteiger partial charge < -0.3 is 9.05 Å². The van der Waals surface area contributed by atoms with Crippen LogP contribution in [0, 0.1) is 0 Å². The summed E-state index contributed by atoms with van der Waals surface area (Å²) in [6.07, 6.45) is 0. The zero-order valence-corrected chi connectivity index (χ0v) is 20.7. The first-order valence-corrected chi connectivity index (χ1v) is 14.5. The van der Waals surface area contributed by atoms with Gasteiger partial charge in [0.15, 0.2) is 0 Å². The molecular weight excluding hydrogens is 571 g/mol. The SMILES string of the molecule is S=P1(Sc2ccc(Cl)cc2)Oc2ccc(Br)cc2Sc2cc(Br)ccc2O1. The van der Waals surface area contributed by atoms with Gasteiger partial charge in [0.2, 0.25) is 0 Å². The van der Waals surface area contributed by atoms with E-state index in [0.29, 0.717) is 5.02 Å². The van der Waals surface area contributed by atoms with E-state index in [0.717, 1.165) is 35.1 Å². The van der Waals surface area contributed by atoms with Crippen LogP contribution < -0.4 is 9.05 Å². The van der Waals surface area contributed by atoms with E-state index in [-0.39, 0.29) is 0 Å². The van der Waals surface area contributed by atoms with Gasteiger partial charge in [-0.3, -0.25) is 0 Å². The highest BCUT2D eigenvalue weighted by Gasteiger charge is 2.30. The Labute approximate surface area is 192 Å². The molecule has 0 aromatic heterocycles. The molecule has 1 heterocycles. The second kappa shape index (κ2) is 8.31. The first kappa shape index (κ1) is 20.1. The molecule has 4 rings (SSSR count). The average molecular weight is 581 g/mol. The van der Waals surface area contributed by atoms with Crippen molar-refractivity contribution in [3.8, 4) is 11.5 Å². The second-order valence-electron chi connectivity index (χ2n) is 5.46. The number of halogens is 3. The maximum absolute atomic E-state index is 6.28. The molecule has 0 spiro atoms. The van der Waals surface area contributed by atoms with Gasteiger partial charge in [-0.05, 0) is 72.0 Å². The molecule has 0 radical (unpaired) electrons. The number of hydrogen-bond acceptors (Lipinski definition) is 5. The van der Waals surface area contributed by atoms with E-state index in [1.165, 1.54) is 11.4 Å². The largest absolute Gasteiger partial charge is 0.427 e. The predicted molar refractivity (Wildman–Crippen MR) is 125 cm³/mol. The fourth-order valence-corrected chi connectivity index (χ4v) is 9.15. The first-order valence-electron chi connectivity index (χ1n) is 7.62. The summed E-state index contributed by atoms with van der Waals surface area (Å²) in [7, 11) is 0. The minimum atomic E-state index is -2.75. The Balaban J connectivity index is 1.80. The topological polar surface area (TPSA) is 18.5 Å². The standard InChI is InChI=1S/C18H10Br2ClO2PS3/c19-11-1-7-15-17(9-11)26-18-10-12(20)2-8-16(18)23-24(25,22-15)27-14-5-3-13(21)4-6-14/h1-10H.